The Labute approximate surface area is 244 Å². The van der Waals surface area contributed by atoms with Crippen LogP contribution in [0.3, 0.4) is 0 Å². The molecule has 0 unspecified atom stereocenters. The first-order valence-corrected chi connectivity index (χ1v) is 15.3. The minimum Gasteiger partial charge on any atom is -0.354 e. The molecule has 39 heavy (non-hydrogen) atoms. The lowest BCUT2D eigenvalue weighted by atomic mass is 10.1. The second kappa shape index (κ2) is 14.0. The highest BCUT2D eigenvalue weighted by Crippen LogP contribution is 2.31. The van der Waals surface area contributed by atoms with Crippen molar-refractivity contribution < 1.29 is 18.0 Å². The topological polar surface area (TPSA) is 86.8 Å². The Hall–Kier alpha value is -2.88. The van der Waals surface area contributed by atoms with Crippen molar-refractivity contribution in [3.8, 4) is 0 Å². The Balaban J connectivity index is 2.03. The summed E-state index contributed by atoms with van der Waals surface area (Å²) in [7, 11) is -4.15. The first kappa shape index (κ1) is 30.7. The lowest BCUT2D eigenvalue weighted by Gasteiger charge is -2.32. The van der Waals surface area contributed by atoms with E-state index in [1.54, 1.807) is 50.2 Å². The van der Waals surface area contributed by atoms with Crippen molar-refractivity contribution in [2.45, 2.75) is 51.1 Å². The Morgan fingerprint density at radius 1 is 1.03 bits per heavy atom. The normalized spacial score (nSPS) is 12.0. The standard InChI is InChI=1S/C29H33BrClN3O4S/c1-4-5-17-32-29(36)22(3)33(19-23-11-9-12-24(30)18-23)28(35)20-34(27-16-10-15-26(31)21(27)2)39(37,38)25-13-7-6-8-14-25/h6-16,18,22H,4-5,17,19-20H2,1-3H3,(H,32,36)/t22-/m1/s1. The van der Waals surface area contributed by atoms with Crippen LogP contribution in [0.5, 0.6) is 0 Å². The van der Waals surface area contributed by atoms with E-state index in [1.165, 1.54) is 17.0 Å². The van der Waals surface area contributed by atoms with E-state index in [1.807, 2.05) is 31.2 Å². The highest BCUT2D eigenvalue weighted by Gasteiger charge is 2.33. The number of nitrogens with one attached hydrogen (secondary N) is 1. The number of carbonyl (C=O) groups excluding carboxylic acids is 2. The number of hydrogen-bond acceptors (Lipinski definition) is 4. The second-order valence-corrected chi connectivity index (χ2v) is 12.4. The number of hydrogen-bond donors (Lipinski definition) is 1. The molecule has 0 aliphatic heterocycles. The van der Waals surface area contributed by atoms with E-state index in [0.29, 0.717) is 22.8 Å². The van der Waals surface area contributed by atoms with Gasteiger partial charge in [-0.05, 0) is 67.8 Å². The molecule has 0 fully saturated rings. The predicted octanol–water partition coefficient (Wildman–Crippen LogP) is 5.94. The van der Waals surface area contributed by atoms with Crippen LogP contribution in [0, 0.1) is 6.92 Å². The fourth-order valence-electron chi connectivity index (χ4n) is 4.05. The number of nitrogens with zero attached hydrogens (tertiary/aromatic N) is 2. The lowest BCUT2D eigenvalue weighted by Crippen LogP contribution is -2.51. The zero-order valence-corrected chi connectivity index (χ0v) is 25.4. The molecule has 1 atom stereocenters. The molecule has 3 aromatic carbocycles. The maximum Gasteiger partial charge on any atom is 0.264 e. The van der Waals surface area contributed by atoms with E-state index >= 15 is 0 Å². The number of halogens is 2. The largest absolute Gasteiger partial charge is 0.354 e. The highest BCUT2D eigenvalue weighted by molar-refractivity contribution is 9.10. The van der Waals surface area contributed by atoms with Crippen LogP contribution in [-0.4, -0.2) is 44.3 Å². The Kier molecular flexibility index (Phi) is 11.0. The molecule has 1 N–H and O–H groups in total. The molecule has 0 heterocycles. The van der Waals surface area contributed by atoms with Crippen molar-refractivity contribution in [3.63, 3.8) is 0 Å². The number of benzene rings is 3. The molecule has 0 aromatic heterocycles. The van der Waals surface area contributed by atoms with Crippen LogP contribution in [0.4, 0.5) is 5.69 Å². The van der Waals surface area contributed by atoms with Gasteiger partial charge in [-0.15, -0.1) is 0 Å². The molecule has 0 bridgehead atoms. The van der Waals surface area contributed by atoms with Gasteiger partial charge in [0.15, 0.2) is 0 Å². The highest BCUT2D eigenvalue weighted by atomic mass is 79.9. The minimum atomic E-state index is -4.15. The van der Waals surface area contributed by atoms with E-state index in [-0.39, 0.29) is 17.3 Å². The molecule has 10 heteroatoms. The third-order valence-corrected chi connectivity index (χ3v) is 9.03. The SMILES string of the molecule is CCCCNC(=O)[C@@H](C)N(Cc1cccc(Br)c1)C(=O)CN(c1cccc(Cl)c1C)S(=O)(=O)c1ccccc1. The first-order chi connectivity index (χ1) is 18.6. The third kappa shape index (κ3) is 7.84. The fourth-order valence-corrected chi connectivity index (χ4v) is 6.16. The average molecular weight is 635 g/mol. The van der Waals surface area contributed by atoms with Crippen LogP contribution in [-0.2, 0) is 26.2 Å². The average Bonchev–Trinajstić information content (AvgIpc) is 2.92. The molecular formula is C29H33BrClN3O4S. The molecule has 3 rings (SSSR count). The molecule has 0 saturated heterocycles. The molecule has 0 spiro atoms. The Morgan fingerprint density at radius 2 is 1.72 bits per heavy atom. The minimum absolute atomic E-state index is 0.0427. The summed E-state index contributed by atoms with van der Waals surface area (Å²) in [6, 6.07) is 19.5. The van der Waals surface area contributed by atoms with Gasteiger partial charge >= 0.3 is 0 Å². The summed E-state index contributed by atoms with van der Waals surface area (Å²) >= 11 is 9.81. The summed E-state index contributed by atoms with van der Waals surface area (Å²) in [4.78, 5) is 28.4. The summed E-state index contributed by atoms with van der Waals surface area (Å²) in [6.45, 7) is 5.48. The van der Waals surface area contributed by atoms with E-state index in [2.05, 4.69) is 21.2 Å². The van der Waals surface area contributed by atoms with Crippen molar-refractivity contribution in [1.82, 2.24) is 10.2 Å². The molecule has 0 radical (unpaired) electrons. The van der Waals surface area contributed by atoms with E-state index in [0.717, 1.165) is 27.2 Å². The monoisotopic (exact) mass is 633 g/mol. The van der Waals surface area contributed by atoms with Crippen LogP contribution in [0.25, 0.3) is 0 Å². The van der Waals surface area contributed by atoms with Crippen LogP contribution >= 0.6 is 27.5 Å². The number of carbonyl (C=O) groups is 2. The van der Waals surface area contributed by atoms with Crippen LogP contribution in [0.15, 0.2) is 82.2 Å². The van der Waals surface area contributed by atoms with Crippen molar-refractivity contribution in [2.75, 3.05) is 17.4 Å². The lowest BCUT2D eigenvalue weighted by molar-refractivity contribution is -0.139. The van der Waals surface area contributed by atoms with E-state index < -0.39 is 28.5 Å². The molecule has 208 valence electrons. The van der Waals surface area contributed by atoms with Gasteiger partial charge in [-0.25, -0.2) is 8.42 Å². The van der Waals surface area contributed by atoms with Gasteiger partial charge in [0.2, 0.25) is 11.8 Å². The number of sulfonamides is 1. The Morgan fingerprint density at radius 3 is 2.38 bits per heavy atom. The van der Waals surface area contributed by atoms with Gasteiger partial charge in [-0.1, -0.05) is 77.3 Å². The van der Waals surface area contributed by atoms with Gasteiger partial charge in [-0.3, -0.25) is 13.9 Å². The molecule has 3 aromatic rings. The molecule has 7 nitrogen and oxygen atoms in total. The van der Waals surface area contributed by atoms with Crippen molar-refractivity contribution in [1.29, 1.82) is 0 Å². The van der Waals surface area contributed by atoms with Gasteiger partial charge in [-0.2, -0.15) is 0 Å². The summed E-state index contributed by atoms with van der Waals surface area (Å²) in [6.07, 6.45) is 1.73. The fraction of sp³-hybridized carbons (Fsp3) is 0.310. The summed E-state index contributed by atoms with van der Waals surface area (Å²) in [5, 5.41) is 3.26. The van der Waals surface area contributed by atoms with Crippen molar-refractivity contribution in [3.05, 3.63) is 93.4 Å². The molecular weight excluding hydrogens is 602 g/mol. The van der Waals surface area contributed by atoms with Gasteiger partial charge < -0.3 is 10.2 Å². The maximum absolute atomic E-state index is 14.0. The maximum atomic E-state index is 14.0. The zero-order valence-electron chi connectivity index (χ0n) is 22.2. The van der Waals surface area contributed by atoms with E-state index in [4.69, 9.17) is 11.6 Å². The zero-order chi connectivity index (χ0) is 28.6. The molecule has 2 amide bonds. The predicted molar refractivity (Wildman–Crippen MR) is 159 cm³/mol. The van der Waals surface area contributed by atoms with Gasteiger partial charge in [0.1, 0.15) is 12.6 Å². The number of rotatable bonds is 12. The van der Waals surface area contributed by atoms with Crippen molar-refractivity contribution in [2.24, 2.45) is 0 Å². The molecule has 0 aliphatic rings. The number of unbranched alkanes of at least 4 members (excludes halogenated alkanes) is 1. The van der Waals surface area contributed by atoms with Gasteiger partial charge in [0.25, 0.3) is 10.0 Å². The number of anilines is 1. The van der Waals surface area contributed by atoms with Gasteiger partial charge in [0.05, 0.1) is 10.6 Å². The number of amides is 2. The van der Waals surface area contributed by atoms with Crippen molar-refractivity contribution >= 4 is 55.1 Å². The third-order valence-electron chi connectivity index (χ3n) is 6.36. The molecule has 0 saturated carbocycles. The quantitative estimate of drug-likeness (QED) is 0.250. The summed E-state index contributed by atoms with van der Waals surface area (Å²) < 4.78 is 29.6. The van der Waals surface area contributed by atoms with Crippen LogP contribution in [0.1, 0.15) is 37.8 Å². The van der Waals surface area contributed by atoms with Gasteiger partial charge in [0, 0.05) is 22.6 Å². The summed E-state index contributed by atoms with van der Waals surface area (Å²) in [5.74, 6) is -0.824. The second-order valence-electron chi connectivity index (χ2n) is 9.18. The smallest absolute Gasteiger partial charge is 0.264 e. The van der Waals surface area contributed by atoms with E-state index in [9.17, 15) is 18.0 Å². The summed E-state index contributed by atoms with van der Waals surface area (Å²) in [5.41, 5.74) is 1.61. The Bertz CT molecular complexity index is 1400. The van der Waals surface area contributed by atoms with Crippen LogP contribution in [0.2, 0.25) is 5.02 Å². The van der Waals surface area contributed by atoms with Crippen LogP contribution < -0.4 is 9.62 Å². The first-order valence-electron chi connectivity index (χ1n) is 12.7. The molecule has 0 aliphatic carbocycles.